The normalized spacial score (nSPS) is 10.1. The molecule has 0 saturated heterocycles. The summed E-state index contributed by atoms with van der Waals surface area (Å²) in [5.74, 6) is -0.160. The highest BCUT2D eigenvalue weighted by Gasteiger charge is 2.06. The molecule has 0 radical (unpaired) electrons. The van der Waals surface area contributed by atoms with Crippen LogP contribution in [0.1, 0.15) is 16.1 Å². The first kappa shape index (κ1) is 10.4. The third kappa shape index (κ3) is 2.28. The number of carbonyl (C=O) groups excluding carboxylic acids is 1. The smallest absolute Gasteiger partial charge is 0.271 e. The Labute approximate surface area is 93.9 Å². The molecule has 0 bridgehead atoms. The van der Waals surface area contributed by atoms with Crippen LogP contribution in [0.2, 0.25) is 0 Å². The van der Waals surface area contributed by atoms with Crippen LogP contribution in [0.25, 0.3) is 0 Å². The van der Waals surface area contributed by atoms with E-state index in [0.29, 0.717) is 5.69 Å². The van der Waals surface area contributed by atoms with Gasteiger partial charge in [-0.2, -0.15) is 0 Å². The molecule has 16 heavy (non-hydrogen) atoms. The van der Waals surface area contributed by atoms with Crippen LogP contribution in [0.3, 0.4) is 0 Å². The number of benzene rings is 1. The minimum absolute atomic E-state index is 0.160. The van der Waals surface area contributed by atoms with Gasteiger partial charge in [0, 0.05) is 19.8 Å². The first-order valence-corrected chi connectivity index (χ1v) is 5.07. The van der Waals surface area contributed by atoms with E-state index >= 15 is 0 Å². The molecule has 2 aromatic rings. The maximum absolute atomic E-state index is 11.3. The number of nitrogens with zero attached hydrogens (tertiary/aromatic N) is 2. The van der Waals surface area contributed by atoms with Gasteiger partial charge in [-0.05, 0) is 5.56 Å². The number of carbonyl (C=O) groups is 1. The van der Waals surface area contributed by atoms with Crippen LogP contribution in [0, 0.1) is 0 Å². The van der Waals surface area contributed by atoms with Crippen LogP contribution < -0.4 is 5.32 Å². The summed E-state index contributed by atoms with van der Waals surface area (Å²) in [7, 11) is 1.60. The van der Waals surface area contributed by atoms with Crippen LogP contribution in [0.15, 0.2) is 42.9 Å². The van der Waals surface area contributed by atoms with Crippen molar-refractivity contribution in [3.63, 3.8) is 0 Å². The lowest BCUT2D eigenvalue weighted by molar-refractivity contribution is 0.0958. The van der Waals surface area contributed by atoms with Crippen molar-refractivity contribution in [2.75, 3.05) is 7.05 Å². The second-order valence-electron chi connectivity index (χ2n) is 3.50. The Morgan fingerprint density at radius 3 is 2.81 bits per heavy atom. The van der Waals surface area contributed by atoms with Crippen LogP contribution in [-0.4, -0.2) is 22.5 Å². The molecule has 0 unspecified atom stereocenters. The molecule has 4 heteroatoms. The van der Waals surface area contributed by atoms with Gasteiger partial charge in [-0.3, -0.25) is 4.79 Å². The summed E-state index contributed by atoms with van der Waals surface area (Å²) in [5.41, 5.74) is 1.63. The van der Waals surface area contributed by atoms with Crippen LogP contribution in [0.5, 0.6) is 0 Å². The molecule has 0 saturated carbocycles. The Morgan fingerprint density at radius 1 is 1.38 bits per heavy atom. The molecule has 0 aliphatic carbocycles. The molecule has 2 rings (SSSR count). The zero-order valence-electron chi connectivity index (χ0n) is 9.05. The Kier molecular flexibility index (Phi) is 3.00. The van der Waals surface area contributed by atoms with Gasteiger partial charge in [0.1, 0.15) is 5.69 Å². The molecule has 4 nitrogen and oxygen atoms in total. The Morgan fingerprint density at radius 2 is 2.12 bits per heavy atom. The van der Waals surface area contributed by atoms with Crippen LogP contribution >= 0.6 is 0 Å². The van der Waals surface area contributed by atoms with Crippen LogP contribution in [0.4, 0.5) is 0 Å². The second-order valence-corrected chi connectivity index (χ2v) is 3.50. The molecular weight excluding hydrogens is 202 g/mol. The second kappa shape index (κ2) is 4.61. The van der Waals surface area contributed by atoms with Crippen molar-refractivity contribution < 1.29 is 4.79 Å². The SMILES string of the molecule is CNC(=O)c1cn(Cc2ccccc2)cn1. The Bertz CT molecular complexity index is 476. The van der Waals surface area contributed by atoms with Gasteiger partial charge >= 0.3 is 0 Å². The summed E-state index contributed by atoms with van der Waals surface area (Å²) < 4.78 is 1.89. The van der Waals surface area contributed by atoms with Crippen LogP contribution in [-0.2, 0) is 6.54 Å². The lowest BCUT2D eigenvalue weighted by atomic mass is 10.2. The summed E-state index contributed by atoms with van der Waals surface area (Å²) in [6.45, 7) is 0.727. The molecule has 1 heterocycles. The minimum atomic E-state index is -0.160. The highest BCUT2D eigenvalue weighted by atomic mass is 16.1. The fourth-order valence-electron chi connectivity index (χ4n) is 1.49. The van der Waals surface area contributed by atoms with E-state index in [0.717, 1.165) is 6.54 Å². The molecule has 0 aliphatic heterocycles. The van der Waals surface area contributed by atoms with E-state index < -0.39 is 0 Å². The third-order valence-corrected chi connectivity index (χ3v) is 2.30. The molecule has 82 valence electrons. The van der Waals surface area contributed by atoms with Gasteiger partial charge in [0.25, 0.3) is 5.91 Å². The third-order valence-electron chi connectivity index (χ3n) is 2.30. The molecule has 0 fully saturated rings. The lowest BCUT2D eigenvalue weighted by Gasteiger charge is -2.01. The number of imidazole rings is 1. The van der Waals surface area contributed by atoms with Crippen molar-refractivity contribution in [3.8, 4) is 0 Å². The first-order valence-electron chi connectivity index (χ1n) is 5.07. The van der Waals surface area contributed by atoms with Crippen molar-refractivity contribution in [2.24, 2.45) is 0 Å². The number of rotatable bonds is 3. The average Bonchev–Trinajstić information content (AvgIpc) is 2.78. The fourth-order valence-corrected chi connectivity index (χ4v) is 1.49. The zero-order chi connectivity index (χ0) is 11.4. The van der Waals surface area contributed by atoms with Crippen molar-refractivity contribution in [1.29, 1.82) is 0 Å². The summed E-state index contributed by atoms with van der Waals surface area (Å²) in [6, 6.07) is 10.0. The first-order chi connectivity index (χ1) is 7.79. The predicted molar refractivity (Wildman–Crippen MR) is 61.2 cm³/mol. The summed E-state index contributed by atoms with van der Waals surface area (Å²) in [5, 5.41) is 2.54. The zero-order valence-corrected chi connectivity index (χ0v) is 9.05. The van der Waals surface area contributed by atoms with E-state index in [9.17, 15) is 4.79 Å². The minimum Gasteiger partial charge on any atom is -0.354 e. The van der Waals surface area contributed by atoms with Gasteiger partial charge in [-0.1, -0.05) is 30.3 Å². The van der Waals surface area contributed by atoms with E-state index in [1.54, 1.807) is 19.6 Å². The van der Waals surface area contributed by atoms with E-state index in [1.807, 2.05) is 34.9 Å². The number of aromatic nitrogens is 2. The van der Waals surface area contributed by atoms with E-state index in [4.69, 9.17) is 0 Å². The van der Waals surface area contributed by atoms with E-state index in [-0.39, 0.29) is 5.91 Å². The average molecular weight is 215 g/mol. The molecular formula is C12H13N3O. The van der Waals surface area contributed by atoms with E-state index in [2.05, 4.69) is 10.3 Å². The van der Waals surface area contributed by atoms with Crippen molar-refractivity contribution in [1.82, 2.24) is 14.9 Å². The highest BCUT2D eigenvalue weighted by Crippen LogP contribution is 2.03. The number of hydrogen-bond donors (Lipinski definition) is 1. The van der Waals surface area contributed by atoms with Gasteiger partial charge in [-0.15, -0.1) is 0 Å². The fraction of sp³-hybridized carbons (Fsp3) is 0.167. The Hall–Kier alpha value is -2.10. The lowest BCUT2D eigenvalue weighted by Crippen LogP contribution is -2.18. The quantitative estimate of drug-likeness (QED) is 0.838. The molecule has 0 spiro atoms. The van der Waals surface area contributed by atoms with E-state index in [1.165, 1.54) is 5.56 Å². The molecule has 1 aromatic heterocycles. The molecule has 1 amide bonds. The molecule has 1 aromatic carbocycles. The van der Waals surface area contributed by atoms with Crippen molar-refractivity contribution >= 4 is 5.91 Å². The predicted octanol–water partition coefficient (Wildman–Crippen LogP) is 1.29. The Balaban J connectivity index is 2.12. The van der Waals surface area contributed by atoms with Crippen molar-refractivity contribution in [2.45, 2.75) is 6.54 Å². The largest absolute Gasteiger partial charge is 0.354 e. The molecule has 1 N–H and O–H groups in total. The highest BCUT2D eigenvalue weighted by molar-refractivity contribution is 5.91. The topological polar surface area (TPSA) is 46.9 Å². The van der Waals surface area contributed by atoms with Gasteiger partial charge < -0.3 is 9.88 Å². The monoisotopic (exact) mass is 215 g/mol. The standard InChI is InChI=1S/C12H13N3O/c1-13-12(16)11-8-15(9-14-11)7-10-5-3-2-4-6-10/h2-6,8-9H,7H2,1H3,(H,13,16). The van der Waals surface area contributed by atoms with Gasteiger partial charge in [-0.25, -0.2) is 4.98 Å². The van der Waals surface area contributed by atoms with Crippen molar-refractivity contribution in [3.05, 3.63) is 54.1 Å². The molecule has 0 atom stereocenters. The van der Waals surface area contributed by atoms with Gasteiger partial charge in [0.2, 0.25) is 0 Å². The maximum atomic E-state index is 11.3. The summed E-state index contributed by atoms with van der Waals surface area (Å²) >= 11 is 0. The van der Waals surface area contributed by atoms with Gasteiger partial charge in [0.15, 0.2) is 0 Å². The maximum Gasteiger partial charge on any atom is 0.271 e. The van der Waals surface area contributed by atoms with Gasteiger partial charge in [0.05, 0.1) is 6.33 Å². The summed E-state index contributed by atoms with van der Waals surface area (Å²) in [6.07, 6.45) is 3.41. The number of nitrogens with one attached hydrogen (secondary N) is 1. The molecule has 0 aliphatic rings. The number of amides is 1. The number of hydrogen-bond acceptors (Lipinski definition) is 2. The summed E-state index contributed by atoms with van der Waals surface area (Å²) in [4.78, 5) is 15.3.